The zero-order chi connectivity index (χ0) is 68.2. The van der Waals surface area contributed by atoms with Crippen LogP contribution in [-0.4, -0.2) is 0 Å². The van der Waals surface area contributed by atoms with Gasteiger partial charge in [-0.1, -0.05) is 125 Å². The van der Waals surface area contributed by atoms with Gasteiger partial charge in [-0.05, 0) is 179 Å². The molecule has 2 unspecified atom stereocenters. The van der Waals surface area contributed by atoms with E-state index in [1.807, 2.05) is 93.3 Å². The standard InChI is InChI=1S/3C17H22N.2C14H16N/c2*1-12(2)16-11-18(5)17(10-14(16)4)15-9-7-6-8-13(15)3;1-13(2)11-15-8-9-16(14(3)12-15)17-7-5-6-10-18(17)4;2*1-11-7-8-12(2)13(10-11)14-6-4-5-9-15(14)3/h2*6-12H,1-5H3;5-10,12-13H,11H2,1-4H3;2*4-10H,1-3H3/q5*+1/i1D3,12D;;1D3,13D;;. The Morgan fingerprint density at radius 3 is 1.14 bits per heavy atom. The van der Waals surface area contributed by atoms with Crippen LogP contribution in [0.25, 0.3) is 56.3 Å². The van der Waals surface area contributed by atoms with E-state index in [9.17, 15) is 0 Å². The zero-order valence-corrected chi connectivity index (χ0v) is 53.6. The quantitative estimate of drug-likeness (QED) is 0.128. The van der Waals surface area contributed by atoms with Crippen LogP contribution in [0.1, 0.15) is 131 Å². The van der Waals surface area contributed by atoms with Crippen LogP contribution >= 0.6 is 0 Å². The molecule has 0 fully saturated rings. The van der Waals surface area contributed by atoms with Crippen LogP contribution < -0.4 is 22.8 Å². The van der Waals surface area contributed by atoms with Crippen LogP contribution in [0.15, 0.2) is 201 Å². The molecule has 434 valence electrons. The molecule has 5 heteroatoms. The molecule has 2 atom stereocenters. The highest BCUT2D eigenvalue weighted by molar-refractivity contribution is 5.65. The van der Waals surface area contributed by atoms with E-state index in [-0.39, 0.29) is 6.42 Å². The van der Waals surface area contributed by atoms with Crippen molar-refractivity contribution in [3.63, 3.8) is 0 Å². The van der Waals surface area contributed by atoms with Gasteiger partial charge in [0.25, 0.3) is 0 Å². The number of aromatic nitrogens is 5. The average molecular weight is 1130 g/mol. The van der Waals surface area contributed by atoms with Crippen LogP contribution in [-0.2, 0) is 41.7 Å². The van der Waals surface area contributed by atoms with Gasteiger partial charge in [-0.3, -0.25) is 0 Å². The molecule has 5 aromatic carbocycles. The van der Waals surface area contributed by atoms with Crippen LogP contribution in [0.5, 0.6) is 0 Å². The molecule has 0 saturated carbocycles. The van der Waals surface area contributed by atoms with Gasteiger partial charge in [0.15, 0.2) is 31.0 Å². The van der Waals surface area contributed by atoms with Crippen molar-refractivity contribution < 1.29 is 33.8 Å². The van der Waals surface area contributed by atoms with Gasteiger partial charge in [0, 0.05) is 98.4 Å². The van der Waals surface area contributed by atoms with Gasteiger partial charge < -0.3 is 0 Å². The zero-order valence-electron chi connectivity index (χ0n) is 61.6. The van der Waals surface area contributed by atoms with Gasteiger partial charge >= 0.3 is 0 Å². The first-order valence-electron chi connectivity index (χ1n) is 33.3. The summed E-state index contributed by atoms with van der Waals surface area (Å²) in [5, 5.41) is 0. The molecular formula is C79H98N5+5. The summed E-state index contributed by atoms with van der Waals surface area (Å²) in [7, 11) is 10.2. The van der Waals surface area contributed by atoms with E-state index in [0.717, 1.165) is 44.8 Å². The van der Waals surface area contributed by atoms with Crippen molar-refractivity contribution in [3.05, 3.63) is 268 Å². The van der Waals surface area contributed by atoms with E-state index in [1.54, 1.807) is 6.20 Å². The Morgan fingerprint density at radius 1 is 0.345 bits per heavy atom. The Kier molecular flexibility index (Phi) is 19.5. The lowest BCUT2D eigenvalue weighted by atomic mass is 9.97. The van der Waals surface area contributed by atoms with Gasteiger partial charge in [-0.15, -0.1) is 0 Å². The Labute approximate surface area is 518 Å². The van der Waals surface area contributed by atoms with Gasteiger partial charge in [-0.25, -0.2) is 22.8 Å². The monoisotopic (exact) mass is 1120 g/mol. The second kappa shape index (κ2) is 30.4. The molecule has 5 heterocycles. The number of pyridine rings is 5. The van der Waals surface area contributed by atoms with Crippen molar-refractivity contribution in [1.29, 1.82) is 0 Å². The van der Waals surface area contributed by atoms with Crippen molar-refractivity contribution in [1.82, 2.24) is 0 Å². The number of benzene rings is 5. The molecule has 10 aromatic rings. The molecule has 0 spiro atoms. The van der Waals surface area contributed by atoms with Crippen molar-refractivity contribution in [2.75, 3.05) is 0 Å². The molecule has 0 aliphatic heterocycles. The predicted octanol–water partition coefficient (Wildman–Crippen LogP) is 17.1. The summed E-state index contributed by atoms with van der Waals surface area (Å²) in [5.41, 5.74) is 26.0. The minimum absolute atomic E-state index is 0.214. The van der Waals surface area contributed by atoms with Crippen molar-refractivity contribution in [2.24, 2.45) is 41.1 Å². The minimum Gasteiger partial charge on any atom is -0.201 e. The molecule has 0 aliphatic rings. The van der Waals surface area contributed by atoms with Crippen LogP contribution in [0.3, 0.4) is 0 Å². The second-order valence-electron chi connectivity index (χ2n) is 23.0. The van der Waals surface area contributed by atoms with E-state index < -0.39 is 25.5 Å². The normalized spacial score (nSPS) is 13.8. The number of rotatable bonds is 9. The molecule has 0 bridgehead atoms. The van der Waals surface area contributed by atoms with E-state index in [1.165, 1.54) is 86.6 Å². The fourth-order valence-corrected chi connectivity index (χ4v) is 10.6. The molecule has 0 N–H and O–H groups in total. The summed E-state index contributed by atoms with van der Waals surface area (Å²) < 4.78 is 72.2. The number of hydrogen-bond donors (Lipinski definition) is 0. The maximum atomic E-state index is 8.30. The smallest absolute Gasteiger partial charge is 0.201 e. The summed E-state index contributed by atoms with van der Waals surface area (Å²) >= 11 is 0. The van der Waals surface area contributed by atoms with Gasteiger partial charge in [0.1, 0.15) is 35.2 Å². The summed E-state index contributed by atoms with van der Waals surface area (Å²) in [5.74, 6) is -2.53. The number of aryl methyl sites for hydroxylation is 14. The first-order chi connectivity index (χ1) is 43.0. The Balaban J connectivity index is 0.000000184. The average Bonchev–Trinajstić information content (AvgIpc) is 0.788. The van der Waals surface area contributed by atoms with Crippen molar-refractivity contribution >= 4 is 0 Å². The highest BCUT2D eigenvalue weighted by Gasteiger charge is 2.19. The summed E-state index contributed by atoms with van der Waals surface area (Å²) in [6, 6.07) is 58.6. The summed E-state index contributed by atoms with van der Waals surface area (Å²) in [4.78, 5) is 0. The van der Waals surface area contributed by atoms with E-state index in [4.69, 9.17) is 11.0 Å². The van der Waals surface area contributed by atoms with Crippen molar-refractivity contribution in [3.8, 4) is 56.3 Å². The van der Waals surface area contributed by atoms with Gasteiger partial charge in [-0.2, -0.15) is 0 Å². The second-order valence-corrected chi connectivity index (χ2v) is 23.0. The van der Waals surface area contributed by atoms with Gasteiger partial charge in [0.2, 0.25) is 28.5 Å². The summed E-state index contributed by atoms with van der Waals surface area (Å²) in [6.45, 7) is 21.6. The topological polar surface area (TPSA) is 19.4 Å². The van der Waals surface area contributed by atoms with E-state index in [0.29, 0.717) is 11.5 Å². The van der Waals surface area contributed by atoms with E-state index >= 15 is 0 Å². The van der Waals surface area contributed by atoms with Crippen LogP contribution in [0, 0.1) is 68.2 Å². The minimum atomic E-state index is -2.37. The first kappa shape index (κ1) is 53.8. The molecule has 0 aliphatic carbocycles. The lowest BCUT2D eigenvalue weighted by Crippen LogP contribution is -2.32. The maximum Gasteiger partial charge on any atom is 0.212 e. The SMILES string of the molecule is Cc1ccc(C)c(-c2cccc[n+]2C)c1.Cc1ccc(C)c(-c2cccc[n+]2C)c1.Cc1ccccc1-c1cc(C)c(C(C)C)c[n+]1C.[2H]C([2H])([2H])C([2H])(C)Cc1ccc(-c2cccc[n+]2C)c(C)c1.[2H]C([2H])([2H])C([2H])(C)c1c[n+](C)c(-c2ccccc2C)cc1C. The lowest BCUT2D eigenvalue weighted by Gasteiger charge is -2.11. The lowest BCUT2D eigenvalue weighted by molar-refractivity contribution is -0.661. The molecule has 0 radical (unpaired) electrons. The maximum absolute atomic E-state index is 8.30. The Bertz CT molecular complexity index is 4070. The predicted molar refractivity (Wildman–Crippen MR) is 355 cm³/mol. The molecule has 0 saturated heterocycles. The molecule has 5 nitrogen and oxygen atoms in total. The summed E-state index contributed by atoms with van der Waals surface area (Å²) in [6.07, 6.45) is 10.4. The first-order valence-corrected chi connectivity index (χ1v) is 29.3. The fourth-order valence-electron chi connectivity index (χ4n) is 10.6. The molecule has 0 amide bonds. The third kappa shape index (κ3) is 17.5. The number of nitrogens with zero attached hydrogens (tertiary/aromatic N) is 5. The van der Waals surface area contributed by atoms with Crippen LogP contribution in [0.4, 0.5) is 0 Å². The van der Waals surface area contributed by atoms with Crippen molar-refractivity contribution in [2.45, 2.75) is 122 Å². The molecular weight excluding hydrogens is 1020 g/mol. The van der Waals surface area contributed by atoms with Crippen LogP contribution in [0.2, 0.25) is 0 Å². The largest absolute Gasteiger partial charge is 0.212 e. The molecule has 84 heavy (non-hydrogen) atoms. The Hall–Kier alpha value is -8.15. The Morgan fingerprint density at radius 2 is 0.738 bits per heavy atom. The third-order valence-electron chi connectivity index (χ3n) is 15.4. The fraction of sp³-hybridized carbons (Fsp3) is 0.304. The molecule has 5 aromatic heterocycles. The van der Waals surface area contributed by atoms with Gasteiger partial charge in [0.05, 0.1) is 0 Å². The third-order valence-corrected chi connectivity index (χ3v) is 15.4. The highest BCUT2D eigenvalue weighted by Crippen LogP contribution is 2.28. The highest BCUT2D eigenvalue weighted by atomic mass is 14.9. The molecule has 10 rings (SSSR count). The van der Waals surface area contributed by atoms with E-state index in [2.05, 4.69) is 236 Å². The number of hydrogen-bond acceptors (Lipinski definition) is 0.